The highest BCUT2D eigenvalue weighted by molar-refractivity contribution is 5.78. The Balaban J connectivity index is 1.76. The summed E-state index contributed by atoms with van der Waals surface area (Å²) in [5.41, 5.74) is 2.53. The lowest BCUT2D eigenvalue weighted by Gasteiger charge is -2.32. The van der Waals surface area contributed by atoms with Gasteiger partial charge < -0.3 is 10.2 Å². The Morgan fingerprint density at radius 1 is 1.13 bits per heavy atom. The van der Waals surface area contributed by atoms with Crippen LogP contribution in [0.4, 0.5) is 0 Å². The highest BCUT2D eigenvalue weighted by Crippen LogP contribution is 2.17. The first-order valence-corrected chi connectivity index (χ1v) is 9.29. The zero-order valence-corrected chi connectivity index (χ0v) is 14.8. The van der Waals surface area contributed by atoms with Crippen LogP contribution in [0.2, 0.25) is 0 Å². The maximum absolute atomic E-state index is 12.5. The van der Waals surface area contributed by atoms with Crippen LogP contribution in [0.1, 0.15) is 50.7 Å². The van der Waals surface area contributed by atoms with Crippen LogP contribution in [-0.4, -0.2) is 37.0 Å². The normalized spacial score (nSPS) is 15.8. The molecule has 3 nitrogen and oxygen atoms in total. The Bertz CT molecular complexity index is 461. The second-order valence-electron chi connectivity index (χ2n) is 6.73. The molecule has 0 spiro atoms. The fraction of sp³-hybridized carbons (Fsp3) is 0.650. The third-order valence-corrected chi connectivity index (χ3v) is 4.85. The van der Waals surface area contributed by atoms with Crippen molar-refractivity contribution in [3.05, 3.63) is 35.4 Å². The molecular weight excluding hydrogens is 284 g/mol. The number of hydrogen-bond donors (Lipinski definition) is 1. The summed E-state index contributed by atoms with van der Waals surface area (Å²) in [4.78, 5) is 14.5. The first-order valence-electron chi connectivity index (χ1n) is 9.29. The van der Waals surface area contributed by atoms with Crippen LogP contribution in [0.5, 0.6) is 0 Å². The highest BCUT2D eigenvalue weighted by Gasteiger charge is 2.22. The molecule has 0 unspecified atom stereocenters. The quantitative estimate of drug-likeness (QED) is 0.797. The molecule has 0 aliphatic carbocycles. The lowest BCUT2D eigenvalue weighted by Crippen LogP contribution is -2.41. The van der Waals surface area contributed by atoms with E-state index in [1.807, 2.05) is 4.90 Å². The molecule has 1 aliphatic heterocycles. The number of rotatable bonds is 8. The van der Waals surface area contributed by atoms with E-state index in [1.165, 1.54) is 18.4 Å². The highest BCUT2D eigenvalue weighted by atomic mass is 16.2. The Labute approximate surface area is 141 Å². The van der Waals surface area contributed by atoms with E-state index in [9.17, 15) is 4.79 Å². The molecule has 128 valence electrons. The van der Waals surface area contributed by atoms with Crippen LogP contribution >= 0.6 is 0 Å². The second kappa shape index (κ2) is 9.71. The number of carbonyl (C=O) groups is 1. The number of carbonyl (C=O) groups excluding carboxylic acids is 1. The molecule has 1 amide bonds. The first kappa shape index (κ1) is 18.0. The van der Waals surface area contributed by atoms with Gasteiger partial charge in [0.1, 0.15) is 0 Å². The van der Waals surface area contributed by atoms with Crippen molar-refractivity contribution in [2.45, 2.75) is 52.4 Å². The number of nitrogens with one attached hydrogen (secondary N) is 1. The molecule has 0 radical (unpaired) electrons. The summed E-state index contributed by atoms with van der Waals surface area (Å²) in [6.45, 7) is 8.33. The molecule has 1 aliphatic rings. The summed E-state index contributed by atoms with van der Waals surface area (Å²) in [7, 11) is 0. The second-order valence-corrected chi connectivity index (χ2v) is 6.73. The van der Waals surface area contributed by atoms with E-state index in [0.717, 1.165) is 56.9 Å². The summed E-state index contributed by atoms with van der Waals surface area (Å²) in [5.74, 6) is 1.02. The van der Waals surface area contributed by atoms with E-state index in [2.05, 4.69) is 43.4 Å². The topological polar surface area (TPSA) is 32.3 Å². The monoisotopic (exact) mass is 316 g/mol. The molecule has 1 heterocycles. The summed E-state index contributed by atoms with van der Waals surface area (Å²) < 4.78 is 0. The van der Waals surface area contributed by atoms with Gasteiger partial charge in [0.2, 0.25) is 5.91 Å². The largest absolute Gasteiger partial charge is 0.342 e. The van der Waals surface area contributed by atoms with Gasteiger partial charge in [-0.05, 0) is 55.8 Å². The van der Waals surface area contributed by atoms with Crippen LogP contribution in [0.15, 0.2) is 24.3 Å². The van der Waals surface area contributed by atoms with Crippen molar-refractivity contribution >= 4 is 5.91 Å². The molecule has 2 rings (SSSR count). The molecular formula is C20H32N2O. The number of likely N-dealkylation sites (tertiary alicyclic amines) is 1. The first-order chi connectivity index (χ1) is 11.2. The van der Waals surface area contributed by atoms with Crippen molar-refractivity contribution in [2.24, 2.45) is 5.92 Å². The molecule has 1 N–H and O–H groups in total. The molecule has 0 bridgehead atoms. The lowest BCUT2D eigenvalue weighted by atomic mass is 9.96. The van der Waals surface area contributed by atoms with Gasteiger partial charge in [0, 0.05) is 13.1 Å². The molecule has 3 heteroatoms. The minimum absolute atomic E-state index is 0.285. The summed E-state index contributed by atoms with van der Waals surface area (Å²) in [5, 5.41) is 3.42. The standard InChI is InChI=1S/C20H32N2O/c1-3-5-6-17-7-9-18(10-8-17)15-20(23)22-13-11-19(12-14-22)16-21-4-2/h7-10,19,21H,3-6,11-16H2,1-2H3. The van der Waals surface area contributed by atoms with Crippen molar-refractivity contribution in [3.8, 4) is 0 Å². The van der Waals surface area contributed by atoms with Gasteiger partial charge in [-0.2, -0.15) is 0 Å². The SMILES string of the molecule is CCCCc1ccc(CC(=O)N2CCC(CNCC)CC2)cc1. The number of unbranched alkanes of at least 4 members (excludes halogenated alkanes) is 1. The molecule has 0 saturated carbocycles. The zero-order chi connectivity index (χ0) is 16.5. The van der Waals surface area contributed by atoms with Gasteiger partial charge in [0.25, 0.3) is 0 Å². The third kappa shape index (κ3) is 5.98. The van der Waals surface area contributed by atoms with E-state index in [-0.39, 0.29) is 5.91 Å². The smallest absolute Gasteiger partial charge is 0.226 e. The van der Waals surface area contributed by atoms with Gasteiger partial charge in [-0.15, -0.1) is 0 Å². The molecule has 0 atom stereocenters. The number of hydrogen-bond acceptors (Lipinski definition) is 2. The molecule has 1 aromatic carbocycles. The van der Waals surface area contributed by atoms with Crippen LogP contribution < -0.4 is 5.32 Å². The Morgan fingerprint density at radius 2 is 1.78 bits per heavy atom. The predicted octanol–water partition coefficient (Wildman–Crippen LogP) is 3.42. The maximum Gasteiger partial charge on any atom is 0.226 e. The number of amides is 1. The Kier molecular flexibility index (Phi) is 7.60. The minimum Gasteiger partial charge on any atom is -0.342 e. The average Bonchev–Trinajstić information content (AvgIpc) is 2.59. The Hall–Kier alpha value is -1.35. The zero-order valence-electron chi connectivity index (χ0n) is 14.8. The summed E-state index contributed by atoms with van der Waals surface area (Å²) in [6, 6.07) is 8.61. The lowest BCUT2D eigenvalue weighted by molar-refractivity contribution is -0.131. The van der Waals surface area contributed by atoms with E-state index in [4.69, 9.17) is 0 Å². The van der Waals surface area contributed by atoms with Gasteiger partial charge in [-0.3, -0.25) is 4.79 Å². The van der Waals surface area contributed by atoms with Crippen molar-refractivity contribution in [1.29, 1.82) is 0 Å². The number of piperidine rings is 1. The van der Waals surface area contributed by atoms with Crippen LogP contribution in [0.25, 0.3) is 0 Å². The van der Waals surface area contributed by atoms with Crippen LogP contribution in [0, 0.1) is 5.92 Å². The third-order valence-electron chi connectivity index (χ3n) is 4.85. The van der Waals surface area contributed by atoms with E-state index in [0.29, 0.717) is 6.42 Å². The molecule has 0 aromatic heterocycles. The summed E-state index contributed by atoms with van der Waals surface area (Å²) >= 11 is 0. The average molecular weight is 316 g/mol. The van der Waals surface area contributed by atoms with Gasteiger partial charge in [0.05, 0.1) is 6.42 Å². The van der Waals surface area contributed by atoms with Crippen LogP contribution in [0.3, 0.4) is 0 Å². The van der Waals surface area contributed by atoms with E-state index >= 15 is 0 Å². The predicted molar refractivity (Wildman–Crippen MR) is 96.6 cm³/mol. The molecule has 23 heavy (non-hydrogen) atoms. The van der Waals surface area contributed by atoms with Gasteiger partial charge in [-0.1, -0.05) is 44.5 Å². The number of nitrogens with zero attached hydrogens (tertiary/aromatic N) is 1. The van der Waals surface area contributed by atoms with Crippen molar-refractivity contribution in [1.82, 2.24) is 10.2 Å². The molecule has 1 aromatic rings. The van der Waals surface area contributed by atoms with Crippen LogP contribution in [-0.2, 0) is 17.6 Å². The maximum atomic E-state index is 12.5. The van der Waals surface area contributed by atoms with E-state index in [1.54, 1.807) is 0 Å². The molecule has 1 fully saturated rings. The Morgan fingerprint density at radius 3 is 2.39 bits per heavy atom. The fourth-order valence-electron chi connectivity index (χ4n) is 3.23. The fourth-order valence-corrected chi connectivity index (χ4v) is 3.23. The van der Waals surface area contributed by atoms with E-state index < -0.39 is 0 Å². The van der Waals surface area contributed by atoms with Gasteiger partial charge >= 0.3 is 0 Å². The minimum atomic E-state index is 0.285. The van der Waals surface area contributed by atoms with Gasteiger partial charge in [-0.25, -0.2) is 0 Å². The number of aryl methyl sites for hydroxylation is 1. The summed E-state index contributed by atoms with van der Waals surface area (Å²) in [6.07, 6.45) is 6.42. The van der Waals surface area contributed by atoms with Crippen molar-refractivity contribution in [2.75, 3.05) is 26.2 Å². The van der Waals surface area contributed by atoms with Gasteiger partial charge in [0.15, 0.2) is 0 Å². The van der Waals surface area contributed by atoms with Crippen molar-refractivity contribution < 1.29 is 4.79 Å². The molecule has 1 saturated heterocycles. The van der Waals surface area contributed by atoms with Crippen molar-refractivity contribution in [3.63, 3.8) is 0 Å². The number of benzene rings is 1.